The third-order valence-corrected chi connectivity index (χ3v) is 4.62. The summed E-state index contributed by atoms with van der Waals surface area (Å²) in [6.45, 7) is 5.78. The van der Waals surface area contributed by atoms with E-state index in [0.717, 1.165) is 51.3 Å². The number of carbonyl (C=O) groups is 1. The minimum absolute atomic E-state index is 0. The van der Waals surface area contributed by atoms with Crippen LogP contribution < -0.4 is 15.4 Å². The van der Waals surface area contributed by atoms with Gasteiger partial charge in [-0.2, -0.15) is 0 Å². The number of carbonyl (C=O) groups excluding carboxylic acids is 1. The van der Waals surface area contributed by atoms with Gasteiger partial charge in [-0.25, -0.2) is 0 Å². The van der Waals surface area contributed by atoms with Crippen molar-refractivity contribution < 1.29 is 9.53 Å². The second-order valence-corrected chi connectivity index (χ2v) is 6.40. The van der Waals surface area contributed by atoms with Crippen LogP contribution in [0, 0.1) is 0 Å². The van der Waals surface area contributed by atoms with Gasteiger partial charge in [0.2, 0.25) is 0 Å². The van der Waals surface area contributed by atoms with Gasteiger partial charge in [0.1, 0.15) is 5.75 Å². The fourth-order valence-corrected chi connectivity index (χ4v) is 3.27. The van der Waals surface area contributed by atoms with Crippen LogP contribution in [0.25, 0.3) is 0 Å². The number of rotatable bonds is 6. The van der Waals surface area contributed by atoms with E-state index in [1.165, 1.54) is 12.8 Å². The Morgan fingerprint density at radius 2 is 2.00 bits per heavy atom. The van der Waals surface area contributed by atoms with Gasteiger partial charge >= 0.3 is 0 Å². The predicted molar refractivity (Wildman–Crippen MR) is 98.2 cm³/mol. The van der Waals surface area contributed by atoms with Crippen molar-refractivity contribution in [3.8, 4) is 5.75 Å². The molecule has 0 aromatic heterocycles. The maximum absolute atomic E-state index is 12.3. The zero-order chi connectivity index (χ0) is 15.9. The summed E-state index contributed by atoms with van der Waals surface area (Å²) in [5, 5.41) is 6.34. The Labute approximate surface area is 150 Å². The molecule has 0 radical (unpaired) electrons. The molecule has 0 atom stereocenters. The van der Waals surface area contributed by atoms with E-state index < -0.39 is 0 Å². The minimum atomic E-state index is -0.0167. The number of ether oxygens (including phenoxy) is 1. The zero-order valence-electron chi connectivity index (χ0n) is 14.1. The number of piperazine rings is 1. The number of benzene rings is 1. The van der Waals surface area contributed by atoms with Crippen LogP contribution in [0.1, 0.15) is 36.0 Å². The van der Waals surface area contributed by atoms with Crippen LogP contribution in [0.15, 0.2) is 24.3 Å². The molecule has 1 heterocycles. The normalized spacial score (nSPS) is 18.8. The highest BCUT2D eigenvalue weighted by atomic mass is 35.5. The molecule has 1 saturated heterocycles. The summed E-state index contributed by atoms with van der Waals surface area (Å²) < 4.78 is 5.97. The van der Waals surface area contributed by atoms with E-state index in [4.69, 9.17) is 4.74 Å². The van der Waals surface area contributed by atoms with Gasteiger partial charge < -0.3 is 15.4 Å². The average Bonchev–Trinajstić information content (AvgIpc) is 3.09. The first kappa shape index (κ1) is 19.0. The Balaban J connectivity index is 0.00000208. The molecule has 2 aliphatic rings. The van der Waals surface area contributed by atoms with Gasteiger partial charge in [-0.3, -0.25) is 9.69 Å². The van der Waals surface area contributed by atoms with E-state index in [0.29, 0.717) is 18.2 Å². The monoisotopic (exact) mass is 353 g/mol. The standard InChI is InChI=1S/C18H27N3O2.ClH/c22-18(20-10-13-21-11-8-19-9-12-21)15-4-3-7-17(14-15)23-16-5-1-2-6-16;/h3-4,7,14,16,19H,1-2,5-6,8-13H2,(H,20,22);1H. The van der Waals surface area contributed by atoms with Gasteiger partial charge in [0, 0.05) is 44.8 Å². The van der Waals surface area contributed by atoms with E-state index in [-0.39, 0.29) is 18.3 Å². The highest BCUT2D eigenvalue weighted by molar-refractivity contribution is 5.94. The minimum Gasteiger partial charge on any atom is -0.490 e. The van der Waals surface area contributed by atoms with Crippen molar-refractivity contribution in [3.63, 3.8) is 0 Å². The Kier molecular flexibility index (Phi) is 7.82. The van der Waals surface area contributed by atoms with Crippen molar-refractivity contribution in [2.24, 2.45) is 0 Å². The molecule has 1 amide bonds. The molecule has 0 bridgehead atoms. The van der Waals surface area contributed by atoms with E-state index in [1.807, 2.05) is 24.3 Å². The van der Waals surface area contributed by atoms with Crippen LogP contribution in [-0.2, 0) is 0 Å². The third-order valence-electron chi connectivity index (χ3n) is 4.62. The zero-order valence-corrected chi connectivity index (χ0v) is 14.9. The number of hydrogen-bond acceptors (Lipinski definition) is 4. The van der Waals surface area contributed by atoms with Crippen molar-refractivity contribution in [1.82, 2.24) is 15.5 Å². The number of nitrogens with zero attached hydrogens (tertiary/aromatic N) is 1. The van der Waals surface area contributed by atoms with E-state index >= 15 is 0 Å². The molecule has 0 spiro atoms. The maximum Gasteiger partial charge on any atom is 0.251 e. The fraction of sp³-hybridized carbons (Fsp3) is 0.611. The summed E-state index contributed by atoms with van der Waals surface area (Å²) in [5.41, 5.74) is 0.681. The maximum atomic E-state index is 12.3. The predicted octanol–water partition coefficient (Wildman–Crippen LogP) is 2.06. The molecule has 1 aromatic carbocycles. The third kappa shape index (κ3) is 5.65. The van der Waals surface area contributed by atoms with Crippen molar-refractivity contribution in [2.45, 2.75) is 31.8 Å². The fourth-order valence-electron chi connectivity index (χ4n) is 3.27. The average molecular weight is 354 g/mol. The summed E-state index contributed by atoms with van der Waals surface area (Å²) >= 11 is 0. The smallest absolute Gasteiger partial charge is 0.251 e. The summed E-state index contributed by atoms with van der Waals surface area (Å²) in [7, 11) is 0. The second-order valence-electron chi connectivity index (χ2n) is 6.40. The molecule has 5 nitrogen and oxygen atoms in total. The van der Waals surface area contributed by atoms with E-state index in [9.17, 15) is 4.79 Å². The number of amides is 1. The van der Waals surface area contributed by atoms with Gasteiger partial charge in [0.05, 0.1) is 6.10 Å². The lowest BCUT2D eigenvalue weighted by Gasteiger charge is -2.27. The van der Waals surface area contributed by atoms with Crippen LogP contribution in [0.2, 0.25) is 0 Å². The van der Waals surface area contributed by atoms with Gasteiger partial charge in [-0.05, 0) is 43.9 Å². The first-order valence-corrected chi connectivity index (χ1v) is 8.79. The lowest BCUT2D eigenvalue weighted by atomic mass is 10.2. The van der Waals surface area contributed by atoms with Gasteiger partial charge in [0.25, 0.3) is 5.91 Å². The topological polar surface area (TPSA) is 53.6 Å². The Bertz CT molecular complexity index is 515. The van der Waals surface area contributed by atoms with Crippen LogP contribution >= 0.6 is 12.4 Å². The summed E-state index contributed by atoms with van der Waals surface area (Å²) in [6.07, 6.45) is 5.07. The van der Waals surface area contributed by atoms with Crippen molar-refractivity contribution in [3.05, 3.63) is 29.8 Å². The number of halogens is 1. The van der Waals surface area contributed by atoms with Gasteiger partial charge in [-0.1, -0.05) is 6.07 Å². The molecule has 3 rings (SSSR count). The van der Waals surface area contributed by atoms with Crippen molar-refractivity contribution in [1.29, 1.82) is 0 Å². The van der Waals surface area contributed by atoms with Crippen LogP contribution in [-0.4, -0.2) is 56.2 Å². The SMILES string of the molecule is Cl.O=C(NCCN1CCNCC1)c1cccc(OC2CCCC2)c1. The summed E-state index contributed by atoms with van der Waals surface area (Å²) in [5.74, 6) is 0.795. The molecule has 2 fully saturated rings. The summed E-state index contributed by atoms with van der Waals surface area (Å²) in [6, 6.07) is 7.55. The largest absolute Gasteiger partial charge is 0.490 e. The molecule has 1 saturated carbocycles. The highest BCUT2D eigenvalue weighted by Crippen LogP contribution is 2.24. The molecule has 2 N–H and O–H groups in total. The Morgan fingerprint density at radius 3 is 2.75 bits per heavy atom. The molecule has 1 aliphatic heterocycles. The molecule has 6 heteroatoms. The first-order valence-electron chi connectivity index (χ1n) is 8.79. The summed E-state index contributed by atoms with van der Waals surface area (Å²) in [4.78, 5) is 14.6. The molecular formula is C18H28ClN3O2. The molecule has 1 aromatic rings. The highest BCUT2D eigenvalue weighted by Gasteiger charge is 2.17. The molecular weight excluding hydrogens is 326 g/mol. The second kappa shape index (κ2) is 9.87. The van der Waals surface area contributed by atoms with Crippen molar-refractivity contribution in [2.75, 3.05) is 39.3 Å². The molecule has 24 heavy (non-hydrogen) atoms. The number of hydrogen-bond donors (Lipinski definition) is 2. The lowest BCUT2D eigenvalue weighted by Crippen LogP contribution is -2.46. The molecule has 134 valence electrons. The Hall–Kier alpha value is -1.30. The lowest BCUT2D eigenvalue weighted by molar-refractivity contribution is 0.0946. The van der Waals surface area contributed by atoms with Crippen LogP contribution in [0.4, 0.5) is 0 Å². The molecule has 1 aliphatic carbocycles. The van der Waals surface area contributed by atoms with Crippen LogP contribution in [0.3, 0.4) is 0 Å². The van der Waals surface area contributed by atoms with Gasteiger partial charge in [-0.15, -0.1) is 12.4 Å². The van der Waals surface area contributed by atoms with Crippen molar-refractivity contribution >= 4 is 18.3 Å². The number of nitrogens with one attached hydrogen (secondary N) is 2. The quantitative estimate of drug-likeness (QED) is 0.822. The first-order chi connectivity index (χ1) is 11.3. The Morgan fingerprint density at radius 1 is 1.25 bits per heavy atom. The molecule has 0 unspecified atom stereocenters. The van der Waals surface area contributed by atoms with E-state index in [2.05, 4.69) is 15.5 Å². The van der Waals surface area contributed by atoms with E-state index in [1.54, 1.807) is 0 Å². The van der Waals surface area contributed by atoms with Crippen LogP contribution in [0.5, 0.6) is 5.75 Å². The van der Waals surface area contributed by atoms with Gasteiger partial charge in [0.15, 0.2) is 0 Å².